The lowest BCUT2D eigenvalue weighted by molar-refractivity contribution is 0.313. The summed E-state index contributed by atoms with van der Waals surface area (Å²) in [5, 5.41) is 0. The maximum Gasteiger partial charge on any atom is 0.146 e. The highest BCUT2D eigenvalue weighted by atomic mass is 15.4. The topological polar surface area (TPSA) is 6.48 Å². The lowest BCUT2D eigenvalue weighted by atomic mass is 10.2. The predicted octanol–water partition coefficient (Wildman–Crippen LogP) is 2.98. The minimum atomic E-state index is 1.19. The number of rotatable bonds is 8. The zero-order chi connectivity index (χ0) is 10.9. The summed E-state index contributed by atoms with van der Waals surface area (Å²) in [6.45, 7) is 12.8. The van der Waals surface area contributed by atoms with Crippen LogP contribution >= 0.6 is 0 Å². The van der Waals surface area contributed by atoms with Crippen LogP contribution in [0.5, 0.6) is 0 Å². The van der Waals surface area contributed by atoms with Gasteiger partial charge in [0.2, 0.25) is 0 Å². The van der Waals surface area contributed by atoms with Gasteiger partial charge in [-0.05, 0) is 12.8 Å². The highest BCUT2D eigenvalue weighted by molar-refractivity contribution is 4.79. The molecular weight excluding hydrogens is 184 g/mol. The maximum atomic E-state index is 3.48. The van der Waals surface area contributed by atoms with Gasteiger partial charge in [0.1, 0.15) is 6.67 Å². The normalized spacial score (nSPS) is 18.8. The quantitative estimate of drug-likeness (QED) is 0.568. The van der Waals surface area contributed by atoms with Crippen LogP contribution in [0.4, 0.5) is 0 Å². The van der Waals surface area contributed by atoms with Gasteiger partial charge in [-0.2, -0.15) is 0 Å². The van der Waals surface area contributed by atoms with Gasteiger partial charge in [-0.25, -0.2) is 0 Å². The van der Waals surface area contributed by atoms with Crippen LogP contribution < -0.4 is 0 Å². The Morgan fingerprint density at radius 2 is 1.27 bits per heavy atom. The van der Waals surface area contributed by atoms with E-state index >= 15 is 0 Å². The second kappa shape index (κ2) is 8.12. The third kappa shape index (κ3) is 5.53. The smallest absolute Gasteiger partial charge is 0.146 e. The molecule has 2 heteroatoms. The molecule has 0 bridgehead atoms. The lowest BCUT2D eigenvalue weighted by Gasteiger charge is -2.15. The molecule has 0 atom stereocenters. The number of nitrogens with zero attached hydrogens (tertiary/aromatic N) is 2. The highest BCUT2D eigenvalue weighted by Gasteiger charge is 2.19. The molecule has 88 valence electrons. The van der Waals surface area contributed by atoms with E-state index in [9.17, 15) is 0 Å². The molecule has 1 saturated heterocycles. The molecule has 0 saturated carbocycles. The first-order valence-electron chi connectivity index (χ1n) is 6.63. The van der Waals surface area contributed by atoms with Crippen molar-refractivity contribution in [2.45, 2.75) is 52.4 Å². The van der Waals surface area contributed by atoms with Crippen molar-refractivity contribution >= 4 is 0 Å². The molecular formula is C13H26N2. The molecule has 0 unspecified atom stereocenters. The molecule has 1 aliphatic heterocycles. The first kappa shape index (κ1) is 13.0. The highest BCUT2D eigenvalue weighted by Crippen LogP contribution is 2.12. The van der Waals surface area contributed by atoms with Gasteiger partial charge in [0.15, 0.2) is 0 Å². The molecule has 1 fully saturated rings. The van der Waals surface area contributed by atoms with Crippen molar-refractivity contribution in [1.29, 1.82) is 0 Å². The molecule has 0 spiro atoms. The van der Waals surface area contributed by atoms with Crippen LogP contribution in [0.2, 0.25) is 0 Å². The van der Waals surface area contributed by atoms with Crippen LogP contribution in [0.3, 0.4) is 0 Å². The molecule has 0 amide bonds. The Kier molecular flexibility index (Phi) is 7.03. The zero-order valence-corrected chi connectivity index (χ0v) is 10.5. The fourth-order valence-electron chi connectivity index (χ4n) is 1.97. The van der Waals surface area contributed by atoms with Gasteiger partial charge in [0.25, 0.3) is 0 Å². The molecule has 1 aliphatic rings. The molecule has 0 aromatic rings. The minimum Gasteiger partial charge on any atom is -0.278 e. The molecule has 2 radical (unpaired) electrons. The Balaban J connectivity index is 1.99. The Morgan fingerprint density at radius 3 is 1.67 bits per heavy atom. The van der Waals surface area contributed by atoms with Crippen LogP contribution in [0.25, 0.3) is 0 Å². The Bertz CT molecular complexity index is 131. The Labute approximate surface area is 95.6 Å². The van der Waals surface area contributed by atoms with Crippen molar-refractivity contribution in [1.82, 2.24) is 9.80 Å². The van der Waals surface area contributed by atoms with E-state index in [4.69, 9.17) is 0 Å². The number of hydrogen-bond donors (Lipinski definition) is 0. The van der Waals surface area contributed by atoms with E-state index < -0.39 is 0 Å². The van der Waals surface area contributed by atoms with Crippen LogP contribution in [-0.4, -0.2) is 36.0 Å². The molecule has 0 N–H and O–H groups in total. The van der Waals surface area contributed by atoms with Crippen molar-refractivity contribution in [3.63, 3.8) is 0 Å². The zero-order valence-electron chi connectivity index (χ0n) is 10.5. The van der Waals surface area contributed by atoms with E-state index in [1.165, 1.54) is 64.7 Å². The maximum absolute atomic E-state index is 3.48. The van der Waals surface area contributed by atoms with Crippen molar-refractivity contribution in [2.24, 2.45) is 0 Å². The summed E-state index contributed by atoms with van der Waals surface area (Å²) in [5.41, 5.74) is 0. The molecule has 0 aromatic carbocycles. The van der Waals surface area contributed by atoms with Crippen LogP contribution in [0.15, 0.2) is 0 Å². The van der Waals surface area contributed by atoms with Gasteiger partial charge in [-0.3, -0.25) is 9.80 Å². The fraction of sp³-hybridized carbons (Fsp3) is 0.923. The summed E-state index contributed by atoms with van der Waals surface area (Å²) in [7, 11) is 0. The standard InChI is InChI=1S/C13H26N2/c1-3-5-7-9-14-11-12-15(13-14)10-8-6-4-2/h3-12H2,1-2H3. The van der Waals surface area contributed by atoms with E-state index in [0.717, 1.165) is 0 Å². The van der Waals surface area contributed by atoms with E-state index in [0.29, 0.717) is 0 Å². The third-order valence-electron chi connectivity index (χ3n) is 2.99. The molecule has 2 nitrogen and oxygen atoms in total. The van der Waals surface area contributed by atoms with Gasteiger partial charge >= 0.3 is 0 Å². The van der Waals surface area contributed by atoms with Crippen molar-refractivity contribution < 1.29 is 0 Å². The predicted molar refractivity (Wildman–Crippen MR) is 65.4 cm³/mol. The number of hydrogen-bond acceptors (Lipinski definition) is 2. The van der Waals surface area contributed by atoms with E-state index in [2.05, 4.69) is 30.3 Å². The minimum absolute atomic E-state index is 1.19. The molecule has 0 aromatic heterocycles. The third-order valence-corrected chi connectivity index (χ3v) is 2.99. The van der Waals surface area contributed by atoms with Gasteiger partial charge in [0.05, 0.1) is 0 Å². The summed E-state index contributed by atoms with van der Waals surface area (Å²) >= 11 is 0. The Hall–Kier alpha value is -0.0800. The van der Waals surface area contributed by atoms with Gasteiger partial charge in [-0.1, -0.05) is 39.5 Å². The largest absolute Gasteiger partial charge is 0.278 e. The summed E-state index contributed by atoms with van der Waals surface area (Å²) in [5.74, 6) is 0. The van der Waals surface area contributed by atoms with E-state index in [1.54, 1.807) is 0 Å². The molecule has 15 heavy (non-hydrogen) atoms. The van der Waals surface area contributed by atoms with Crippen LogP contribution in [0, 0.1) is 6.67 Å². The van der Waals surface area contributed by atoms with Crippen molar-refractivity contribution in [3.05, 3.63) is 6.67 Å². The van der Waals surface area contributed by atoms with Crippen molar-refractivity contribution in [3.8, 4) is 0 Å². The summed E-state index contributed by atoms with van der Waals surface area (Å²) in [6.07, 6.45) is 7.99. The number of unbranched alkanes of at least 4 members (excludes halogenated alkanes) is 4. The fourth-order valence-corrected chi connectivity index (χ4v) is 1.97. The van der Waals surface area contributed by atoms with E-state index in [1.807, 2.05) is 0 Å². The molecule has 1 heterocycles. The van der Waals surface area contributed by atoms with Gasteiger partial charge in [0, 0.05) is 26.2 Å². The molecule has 1 rings (SSSR count). The first-order valence-corrected chi connectivity index (χ1v) is 6.63. The van der Waals surface area contributed by atoms with Gasteiger partial charge in [-0.15, -0.1) is 0 Å². The van der Waals surface area contributed by atoms with Crippen LogP contribution in [-0.2, 0) is 0 Å². The first-order chi connectivity index (χ1) is 7.36. The Morgan fingerprint density at radius 1 is 0.800 bits per heavy atom. The van der Waals surface area contributed by atoms with E-state index in [-0.39, 0.29) is 0 Å². The average Bonchev–Trinajstić information content (AvgIpc) is 2.67. The monoisotopic (exact) mass is 210 g/mol. The van der Waals surface area contributed by atoms with Crippen LogP contribution in [0.1, 0.15) is 52.4 Å². The molecule has 0 aliphatic carbocycles. The second-order valence-corrected chi connectivity index (χ2v) is 4.49. The summed E-state index contributed by atoms with van der Waals surface area (Å²) in [6, 6.07) is 0. The SMILES string of the molecule is CCCCCN1[C]N(CCCCC)CC1. The lowest BCUT2D eigenvalue weighted by Crippen LogP contribution is -2.21. The average molecular weight is 210 g/mol. The summed E-state index contributed by atoms with van der Waals surface area (Å²) in [4.78, 5) is 4.73. The second-order valence-electron chi connectivity index (χ2n) is 4.49. The van der Waals surface area contributed by atoms with Crippen molar-refractivity contribution in [2.75, 3.05) is 26.2 Å². The van der Waals surface area contributed by atoms with Gasteiger partial charge < -0.3 is 0 Å². The summed E-state index contributed by atoms with van der Waals surface area (Å²) < 4.78 is 0.